The number of carbonyl (C=O) groups excluding carboxylic acids is 2. The summed E-state index contributed by atoms with van der Waals surface area (Å²) in [5.41, 5.74) is 0. The molecule has 0 atom stereocenters. The zero-order valence-corrected chi connectivity index (χ0v) is 11.3. The highest BCUT2D eigenvalue weighted by atomic mass is 16.5. The van der Waals surface area contributed by atoms with E-state index in [9.17, 15) is 9.59 Å². The van der Waals surface area contributed by atoms with Gasteiger partial charge in [-0.05, 0) is 6.07 Å². The molecule has 0 aliphatic carbocycles. The van der Waals surface area contributed by atoms with Gasteiger partial charge in [0.05, 0.1) is 13.0 Å². The first-order chi connectivity index (χ1) is 9.72. The van der Waals surface area contributed by atoms with Crippen LogP contribution in [-0.4, -0.2) is 55.3 Å². The lowest BCUT2D eigenvalue weighted by atomic mass is 10.4. The standard InChI is InChI=1S/C12H18N4O4/c1-19-8-7-13-10(17)9-20-11(18)3-6-16-12-14-4-2-5-15-12/h2,4-5H,3,6-9H2,1H3,(H,13,17)(H,14,15,16). The normalized spacial score (nSPS) is 9.85. The van der Waals surface area contributed by atoms with Gasteiger partial charge in [-0.25, -0.2) is 9.97 Å². The van der Waals surface area contributed by atoms with Gasteiger partial charge in [-0.2, -0.15) is 0 Å². The number of nitrogens with zero attached hydrogens (tertiary/aromatic N) is 2. The van der Waals surface area contributed by atoms with Crippen LogP contribution in [0.15, 0.2) is 18.5 Å². The number of amides is 1. The van der Waals surface area contributed by atoms with Crippen LogP contribution in [0.2, 0.25) is 0 Å². The molecule has 0 aromatic carbocycles. The maximum atomic E-state index is 11.4. The Bertz CT molecular complexity index is 413. The average Bonchev–Trinajstić information content (AvgIpc) is 2.46. The molecule has 0 spiro atoms. The van der Waals surface area contributed by atoms with Crippen LogP contribution in [0.4, 0.5) is 5.95 Å². The summed E-state index contributed by atoms with van der Waals surface area (Å²) >= 11 is 0. The molecule has 8 heteroatoms. The number of hydrogen-bond acceptors (Lipinski definition) is 7. The molecule has 0 fully saturated rings. The van der Waals surface area contributed by atoms with Crippen molar-refractivity contribution < 1.29 is 19.1 Å². The molecule has 0 bridgehead atoms. The van der Waals surface area contributed by atoms with Crippen LogP contribution in [0.25, 0.3) is 0 Å². The molecule has 0 aliphatic heterocycles. The van der Waals surface area contributed by atoms with Crippen LogP contribution in [0, 0.1) is 0 Å². The highest BCUT2D eigenvalue weighted by Crippen LogP contribution is 1.95. The summed E-state index contributed by atoms with van der Waals surface area (Å²) in [6, 6.07) is 1.70. The molecule has 1 heterocycles. The monoisotopic (exact) mass is 282 g/mol. The van der Waals surface area contributed by atoms with Crippen LogP contribution in [-0.2, 0) is 19.1 Å². The van der Waals surface area contributed by atoms with Crippen LogP contribution in [0.1, 0.15) is 6.42 Å². The number of anilines is 1. The summed E-state index contributed by atoms with van der Waals surface area (Å²) in [6.07, 6.45) is 3.32. The summed E-state index contributed by atoms with van der Waals surface area (Å²) in [7, 11) is 1.54. The molecule has 0 saturated carbocycles. The fourth-order valence-electron chi connectivity index (χ4n) is 1.23. The smallest absolute Gasteiger partial charge is 0.308 e. The van der Waals surface area contributed by atoms with Gasteiger partial charge < -0.3 is 20.1 Å². The average molecular weight is 282 g/mol. The minimum Gasteiger partial charge on any atom is -0.456 e. The second kappa shape index (κ2) is 9.68. The Morgan fingerprint density at radius 3 is 2.70 bits per heavy atom. The Balaban J connectivity index is 2.07. The van der Waals surface area contributed by atoms with Gasteiger partial charge in [-0.3, -0.25) is 9.59 Å². The third kappa shape index (κ3) is 7.27. The molecule has 0 unspecified atom stereocenters. The molecule has 20 heavy (non-hydrogen) atoms. The molecule has 0 aliphatic rings. The number of esters is 1. The van der Waals surface area contributed by atoms with Crippen molar-refractivity contribution in [2.45, 2.75) is 6.42 Å². The first-order valence-corrected chi connectivity index (χ1v) is 6.14. The molecular weight excluding hydrogens is 264 g/mol. The minimum absolute atomic E-state index is 0.129. The lowest BCUT2D eigenvalue weighted by molar-refractivity contribution is -0.148. The summed E-state index contributed by atoms with van der Waals surface area (Å²) in [5.74, 6) is -0.373. The molecule has 110 valence electrons. The third-order valence-corrected chi connectivity index (χ3v) is 2.17. The summed E-state index contributed by atoms with van der Waals surface area (Å²) < 4.78 is 9.57. The van der Waals surface area contributed by atoms with E-state index in [0.717, 1.165) is 0 Å². The zero-order valence-electron chi connectivity index (χ0n) is 11.3. The maximum Gasteiger partial charge on any atom is 0.308 e. The molecule has 1 aromatic rings. The topological polar surface area (TPSA) is 102 Å². The first-order valence-electron chi connectivity index (χ1n) is 6.14. The summed E-state index contributed by atoms with van der Waals surface area (Å²) in [5, 5.41) is 5.41. The van der Waals surface area contributed by atoms with Crippen molar-refractivity contribution in [1.29, 1.82) is 0 Å². The van der Waals surface area contributed by atoms with E-state index in [0.29, 0.717) is 25.6 Å². The van der Waals surface area contributed by atoms with E-state index in [2.05, 4.69) is 20.6 Å². The number of nitrogens with one attached hydrogen (secondary N) is 2. The van der Waals surface area contributed by atoms with Crippen molar-refractivity contribution in [3.8, 4) is 0 Å². The van der Waals surface area contributed by atoms with Gasteiger partial charge in [0.2, 0.25) is 5.95 Å². The number of rotatable bonds is 9. The fourth-order valence-corrected chi connectivity index (χ4v) is 1.23. The number of ether oxygens (including phenoxy) is 2. The van der Waals surface area contributed by atoms with Gasteiger partial charge in [0.15, 0.2) is 6.61 Å². The number of aromatic nitrogens is 2. The van der Waals surface area contributed by atoms with Crippen molar-refractivity contribution in [1.82, 2.24) is 15.3 Å². The van der Waals surface area contributed by atoms with Crippen LogP contribution < -0.4 is 10.6 Å². The molecule has 0 saturated heterocycles. The van der Waals surface area contributed by atoms with E-state index in [1.54, 1.807) is 18.5 Å². The Morgan fingerprint density at radius 2 is 2.00 bits per heavy atom. The van der Waals surface area contributed by atoms with Gasteiger partial charge in [0, 0.05) is 32.6 Å². The second-order valence-corrected chi connectivity index (χ2v) is 3.75. The molecule has 1 aromatic heterocycles. The quantitative estimate of drug-likeness (QED) is 0.468. The molecule has 2 N–H and O–H groups in total. The van der Waals surface area contributed by atoms with E-state index in [-0.39, 0.29) is 18.9 Å². The van der Waals surface area contributed by atoms with E-state index < -0.39 is 5.97 Å². The first kappa shape index (κ1) is 15.8. The lowest BCUT2D eigenvalue weighted by Gasteiger charge is -2.06. The number of carbonyl (C=O) groups is 2. The van der Waals surface area contributed by atoms with Crippen molar-refractivity contribution >= 4 is 17.8 Å². The van der Waals surface area contributed by atoms with E-state index >= 15 is 0 Å². The molecule has 8 nitrogen and oxygen atoms in total. The predicted octanol–water partition coefficient (Wildman–Crippen LogP) is -0.416. The SMILES string of the molecule is COCCNC(=O)COC(=O)CCNc1ncccn1. The van der Waals surface area contributed by atoms with Gasteiger partial charge >= 0.3 is 5.97 Å². The zero-order chi connectivity index (χ0) is 14.6. The number of hydrogen-bond donors (Lipinski definition) is 2. The minimum atomic E-state index is -0.463. The van der Waals surface area contributed by atoms with Gasteiger partial charge in [0.25, 0.3) is 5.91 Å². The van der Waals surface area contributed by atoms with Crippen molar-refractivity contribution in [3.05, 3.63) is 18.5 Å². The number of methoxy groups -OCH3 is 1. The predicted molar refractivity (Wildman–Crippen MR) is 71.0 cm³/mol. The molecule has 0 radical (unpaired) electrons. The van der Waals surface area contributed by atoms with Crippen molar-refractivity contribution in [3.63, 3.8) is 0 Å². The van der Waals surface area contributed by atoms with Gasteiger partial charge in [0.1, 0.15) is 0 Å². The van der Waals surface area contributed by atoms with Crippen molar-refractivity contribution in [2.75, 3.05) is 38.7 Å². The van der Waals surface area contributed by atoms with Crippen LogP contribution >= 0.6 is 0 Å². The van der Waals surface area contributed by atoms with Gasteiger partial charge in [-0.15, -0.1) is 0 Å². The maximum absolute atomic E-state index is 11.4. The van der Waals surface area contributed by atoms with E-state index in [4.69, 9.17) is 9.47 Å². The Labute approximate surface area is 116 Å². The summed E-state index contributed by atoms with van der Waals surface area (Å²) in [4.78, 5) is 30.5. The largest absolute Gasteiger partial charge is 0.456 e. The lowest BCUT2D eigenvalue weighted by Crippen LogP contribution is -2.31. The van der Waals surface area contributed by atoms with Crippen molar-refractivity contribution in [2.24, 2.45) is 0 Å². The Morgan fingerprint density at radius 1 is 1.25 bits per heavy atom. The van der Waals surface area contributed by atoms with Crippen LogP contribution in [0.3, 0.4) is 0 Å². The van der Waals surface area contributed by atoms with E-state index in [1.165, 1.54) is 7.11 Å². The third-order valence-electron chi connectivity index (χ3n) is 2.17. The second-order valence-electron chi connectivity index (χ2n) is 3.75. The van der Waals surface area contributed by atoms with Gasteiger partial charge in [-0.1, -0.05) is 0 Å². The summed E-state index contributed by atoms with van der Waals surface area (Å²) in [6.45, 7) is 0.860. The molecular formula is C12H18N4O4. The molecule has 1 rings (SSSR count). The highest BCUT2D eigenvalue weighted by Gasteiger charge is 2.07. The molecule has 1 amide bonds. The van der Waals surface area contributed by atoms with Crippen LogP contribution in [0.5, 0.6) is 0 Å². The highest BCUT2D eigenvalue weighted by molar-refractivity contribution is 5.80. The van der Waals surface area contributed by atoms with E-state index in [1.807, 2.05) is 0 Å². The fraction of sp³-hybridized carbons (Fsp3) is 0.500. The Hall–Kier alpha value is -2.22. The Kier molecular flexibility index (Phi) is 7.66.